The number of rotatable bonds is 5. The van der Waals surface area contributed by atoms with Gasteiger partial charge in [0.1, 0.15) is 12.1 Å². The van der Waals surface area contributed by atoms with Crippen molar-refractivity contribution in [3.63, 3.8) is 0 Å². The summed E-state index contributed by atoms with van der Waals surface area (Å²) in [4.78, 5) is 4.95. The highest BCUT2D eigenvalue weighted by Crippen LogP contribution is 2.19. The van der Waals surface area contributed by atoms with Gasteiger partial charge in [0, 0.05) is 25.7 Å². The number of anilines is 1. The molecule has 25 heavy (non-hydrogen) atoms. The lowest BCUT2D eigenvalue weighted by molar-refractivity contribution is 0.225. The van der Waals surface area contributed by atoms with E-state index in [0.717, 1.165) is 44.1 Å². The number of aryl methyl sites for hydroxylation is 1. The Morgan fingerprint density at radius 3 is 2.80 bits per heavy atom. The molecular weight excluding hydrogens is 312 g/mol. The molecule has 1 aliphatic heterocycles. The fourth-order valence-corrected chi connectivity index (χ4v) is 3.60. The van der Waals surface area contributed by atoms with Gasteiger partial charge < -0.3 is 4.90 Å². The lowest BCUT2D eigenvalue weighted by Gasteiger charge is -2.40. The minimum absolute atomic E-state index is 0.451. The van der Waals surface area contributed by atoms with Gasteiger partial charge in [-0.15, -0.1) is 15.3 Å². The number of fused-ring (bicyclic) bond motifs is 1. The van der Waals surface area contributed by atoms with E-state index >= 15 is 0 Å². The first-order valence-corrected chi connectivity index (χ1v) is 8.99. The van der Waals surface area contributed by atoms with Crippen molar-refractivity contribution in [1.82, 2.24) is 24.7 Å². The Morgan fingerprint density at radius 1 is 1.08 bits per heavy atom. The van der Waals surface area contributed by atoms with Gasteiger partial charge in [0.2, 0.25) is 0 Å². The van der Waals surface area contributed by atoms with E-state index in [1.54, 1.807) is 10.8 Å². The third kappa shape index (κ3) is 3.64. The van der Waals surface area contributed by atoms with E-state index < -0.39 is 0 Å². The van der Waals surface area contributed by atoms with E-state index in [-0.39, 0.29) is 0 Å². The predicted octanol–water partition coefficient (Wildman–Crippen LogP) is 2.27. The topological polar surface area (TPSA) is 49.6 Å². The molecule has 6 heteroatoms. The van der Waals surface area contributed by atoms with E-state index in [4.69, 9.17) is 0 Å². The van der Waals surface area contributed by atoms with Crippen LogP contribution in [0.3, 0.4) is 0 Å². The molecule has 1 saturated heterocycles. The van der Waals surface area contributed by atoms with Crippen LogP contribution >= 0.6 is 0 Å². The molecule has 1 fully saturated rings. The minimum Gasteiger partial charge on any atom is -0.350 e. The smallest absolute Gasteiger partial charge is 0.177 e. The maximum Gasteiger partial charge on any atom is 0.177 e. The first-order valence-electron chi connectivity index (χ1n) is 8.99. The molecular formula is C19H24N6. The number of aromatic nitrogens is 4. The zero-order valence-electron chi connectivity index (χ0n) is 14.6. The Kier molecular flexibility index (Phi) is 4.61. The molecule has 1 atom stereocenters. The van der Waals surface area contributed by atoms with E-state index in [9.17, 15) is 0 Å². The maximum absolute atomic E-state index is 4.64. The monoisotopic (exact) mass is 336 g/mol. The van der Waals surface area contributed by atoms with Crippen molar-refractivity contribution in [2.24, 2.45) is 0 Å². The van der Waals surface area contributed by atoms with E-state index in [0.29, 0.717) is 6.04 Å². The van der Waals surface area contributed by atoms with Gasteiger partial charge in [-0.1, -0.05) is 30.3 Å². The molecule has 0 amide bonds. The lowest BCUT2D eigenvalue weighted by atomic mass is 10.1. The average Bonchev–Trinajstić information content (AvgIpc) is 3.10. The minimum atomic E-state index is 0.451. The molecule has 0 N–H and O–H groups in total. The molecule has 0 spiro atoms. The summed E-state index contributed by atoms with van der Waals surface area (Å²) in [6, 6.07) is 15.2. The first kappa shape index (κ1) is 16.0. The summed E-state index contributed by atoms with van der Waals surface area (Å²) in [5.74, 6) is 1.00. The molecule has 3 aromatic rings. The molecule has 0 saturated carbocycles. The molecule has 3 heterocycles. The molecule has 1 aromatic carbocycles. The van der Waals surface area contributed by atoms with Crippen molar-refractivity contribution in [1.29, 1.82) is 0 Å². The summed E-state index contributed by atoms with van der Waals surface area (Å²) in [7, 11) is 0. The highest BCUT2D eigenvalue weighted by Gasteiger charge is 2.24. The van der Waals surface area contributed by atoms with Gasteiger partial charge in [-0.3, -0.25) is 4.90 Å². The zero-order valence-corrected chi connectivity index (χ0v) is 14.6. The second-order valence-electron chi connectivity index (χ2n) is 6.76. The van der Waals surface area contributed by atoms with Crippen LogP contribution in [-0.2, 0) is 6.42 Å². The molecule has 0 aliphatic carbocycles. The molecule has 0 unspecified atom stereocenters. The van der Waals surface area contributed by atoms with Crippen LogP contribution in [0.2, 0.25) is 0 Å². The van der Waals surface area contributed by atoms with Crippen LogP contribution in [0, 0.1) is 0 Å². The average molecular weight is 336 g/mol. The summed E-state index contributed by atoms with van der Waals surface area (Å²) >= 11 is 0. The Labute approximate surface area is 148 Å². The zero-order chi connectivity index (χ0) is 17.1. The van der Waals surface area contributed by atoms with Crippen LogP contribution in [0.1, 0.15) is 18.9 Å². The van der Waals surface area contributed by atoms with Crippen molar-refractivity contribution in [3.8, 4) is 0 Å². The van der Waals surface area contributed by atoms with Gasteiger partial charge in [-0.25, -0.2) is 0 Å². The molecule has 4 rings (SSSR count). The van der Waals surface area contributed by atoms with Gasteiger partial charge in [0.05, 0.1) is 0 Å². The number of hydrogen-bond acceptors (Lipinski definition) is 5. The normalized spacial score (nSPS) is 18.8. The van der Waals surface area contributed by atoms with Crippen LogP contribution in [-0.4, -0.2) is 56.9 Å². The number of benzene rings is 1. The van der Waals surface area contributed by atoms with E-state index in [1.807, 2.05) is 12.1 Å². The Hall–Kier alpha value is -2.47. The van der Waals surface area contributed by atoms with Crippen LogP contribution in [0.5, 0.6) is 0 Å². The Bertz CT molecular complexity index is 815. The second kappa shape index (κ2) is 7.19. The third-order valence-corrected chi connectivity index (χ3v) is 4.94. The van der Waals surface area contributed by atoms with Gasteiger partial charge >= 0.3 is 0 Å². The Balaban J connectivity index is 1.32. The summed E-state index contributed by atoms with van der Waals surface area (Å²) in [5.41, 5.74) is 2.22. The van der Waals surface area contributed by atoms with Gasteiger partial charge in [-0.2, -0.15) is 4.52 Å². The highest BCUT2D eigenvalue weighted by atomic mass is 15.4. The summed E-state index contributed by atoms with van der Waals surface area (Å²) in [5, 5.41) is 12.6. The van der Waals surface area contributed by atoms with Gasteiger partial charge in [0.15, 0.2) is 5.65 Å². The quantitative estimate of drug-likeness (QED) is 0.715. The number of hydrogen-bond donors (Lipinski definition) is 0. The summed E-state index contributed by atoms with van der Waals surface area (Å²) in [6.45, 7) is 6.61. The highest BCUT2D eigenvalue weighted by molar-refractivity contribution is 5.46. The lowest BCUT2D eigenvalue weighted by Crippen LogP contribution is -2.52. The van der Waals surface area contributed by atoms with Gasteiger partial charge in [-0.05, 0) is 44.0 Å². The Morgan fingerprint density at radius 2 is 1.96 bits per heavy atom. The maximum atomic E-state index is 4.64. The van der Waals surface area contributed by atoms with Gasteiger partial charge in [0.25, 0.3) is 0 Å². The standard InChI is InChI=1S/C19H24N6/c1-16-14-23(11-5-8-17-6-3-2-4-7-17)12-13-24(16)19-10-9-18-21-20-15-25(18)22-19/h2-4,6-7,9-10,15-16H,5,8,11-14H2,1H3/t16-/m1/s1. The molecule has 0 bridgehead atoms. The second-order valence-corrected chi connectivity index (χ2v) is 6.76. The number of nitrogens with zero attached hydrogens (tertiary/aromatic N) is 6. The first-order chi connectivity index (χ1) is 12.3. The van der Waals surface area contributed by atoms with Crippen molar-refractivity contribution in [3.05, 3.63) is 54.4 Å². The third-order valence-electron chi connectivity index (χ3n) is 4.94. The van der Waals surface area contributed by atoms with Crippen molar-refractivity contribution in [2.45, 2.75) is 25.8 Å². The predicted molar refractivity (Wildman–Crippen MR) is 98.8 cm³/mol. The fourth-order valence-electron chi connectivity index (χ4n) is 3.60. The molecule has 2 aromatic heterocycles. The number of piperazine rings is 1. The molecule has 6 nitrogen and oxygen atoms in total. The SMILES string of the molecule is C[C@@H]1CN(CCCc2ccccc2)CCN1c1ccc2nncn2n1. The van der Waals surface area contributed by atoms with Crippen molar-refractivity contribution in [2.75, 3.05) is 31.1 Å². The summed E-state index contributed by atoms with van der Waals surface area (Å²) in [6.07, 6.45) is 4.02. The molecule has 0 radical (unpaired) electrons. The van der Waals surface area contributed by atoms with Crippen molar-refractivity contribution < 1.29 is 0 Å². The largest absolute Gasteiger partial charge is 0.350 e. The van der Waals surface area contributed by atoms with Crippen LogP contribution < -0.4 is 4.90 Å². The van der Waals surface area contributed by atoms with E-state index in [1.165, 1.54) is 12.0 Å². The van der Waals surface area contributed by atoms with Crippen LogP contribution in [0.25, 0.3) is 5.65 Å². The molecule has 1 aliphatic rings. The summed E-state index contributed by atoms with van der Waals surface area (Å²) < 4.78 is 1.74. The van der Waals surface area contributed by atoms with E-state index in [2.05, 4.69) is 62.4 Å². The van der Waals surface area contributed by atoms with Crippen molar-refractivity contribution >= 4 is 11.5 Å². The van der Waals surface area contributed by atoms with Crippen LogP contribution in [0.15, 0.2) is 48.8 Å². The van der Waals surface area contributed by atoms with Crippen LogP contribution in [0.4, 0.5) is 5.82 Å². The fraction of sp³-hybridized carbons (Fsp3) is 0.421. The molecule has 130 valence electrons.